The summed E-state index contributed by atoms with van der Waals surface area (Å²) in [6.45, 7) is 3.16. The Kier molecular flexibility index (Phi) is 6.49. The van der Waals surface area contributed by atoms with Crippen LogP contribution in [0.1, 0.15) is 13.8 Å². The average molecular weight is 252 g/mol. The fourth-order valence-corrected chi connectivity index (χ4v) is 1.36. The minimum absolute atomic E-state index is 0.0373. The molecule has 8 N–H and O–H groups in total. The van der Waals surface area contributed by atoms with Gasteiger partial charge in [0.1, 0.15) is 24.0 Å². The van der Waals surface area contributed by atoms with Gasteiger partial charge < -0.3 is 36.6 Å². The van der Waals surface area contributed by atoms with Crippen LogP contribution < -0.4 is 11.1 Å². The Morgan fingerprint density at radius 3 is 1.94 bits per heavy atom. The van der Waals surface area contributed by atoms with E-state index in [1.54, 1.807) is 20.9 Å². The first-order valence-electron chi connectivity index (χ1n) is 5.54. The van der Waals surface area contributed by atoms with Crippen molar-refractivity contribution in [1.29, 1.82) is 0 Å². The second-order valence-corrected chi connectivity index (χ2v) is 4.59. The number of hydrogen-bond acceptors (Lipinski definition) is 7. The van der Waals surface area contributed by atoms with Gasteiger partial charge in [-0.15, -0.1) is 0 Å². The Labute approximate surface area is 101 Å². The molecule has 0 aliphatic rings. The van der Waals surface area contributed by atoms with Gasteiger partial charge in [0.05, 0.1) is 6.10 Å². The van der Waals surface area contributed by atoms with Crippen molar-refractivity contribution in [2.75, 3.05) is 13.6 Å². The summed E-state index contributed by atoms with van der Waals surface area (Å²) in [6.07, 6.45) is -6.38. The second-order valence-electron chi connectivity index (χ2n) is 4.59. The Morgan fingerprint density at radius 2 is 1.59 bits per heavy atom. The fraction of sp³-hybridized carbons (Fsp3) is 1.00. The maximum absolute atomic E-state index is 9.75. The smallest absolute Gasteiger partial charge is 0.144 e. The van der Waals surface area contributed by atoms with Crippen LogP contribution in [0.5, 0.6) is 0 Å². The van der Waals surface area contributed by atoms with Crippen molar-refractivity contribution in [3.63, 3.8) is 0 Å². The Hall–Kier alpha value is -0.280. The fourth-order valence-electron chi connectivity index (χ4n) is 1.36. The lowest BCUT2D eigenvalue weighted by Crippen LogP contribution is -2.63. The van der Waals surface area contributed by atoms with E-state index in [-0.39, 0.29) is 6.54 Å². The standard InChI is InChI=1S/C10H24N2O5/c1-5(2)10(11,17)9(16)8(15)7(14)6(13)4-12-3/h5-9,12-17H,4,11H2,1-3H3. The third-order valence-corrected chi connectivity index (χ3v) is 2.88. The van der Waals surface area contributed by atoms with Crippen LogP contribution in [0.3, 0.4) is 0 Å². The molecule has 0 aliphatic carbocycles. The van der Waals surface area contributed by atoms with Gasteiger partial charge in [-0.05, 0) is 13.0 Å². The van der Waals surface area contributed by atoms with E-state index < -0.39 is 36.1 Å². The van der Waals surface area contributed by atoms with Gasteiger partial charge in [0.25, 0.3) is 0 Å². The van der Waals surface area contributed by atoms with E-state index in [1.165, 1.54) is 0 Å². The molecule has 0 aromatic rings. The highest BCUT2D eigenvalue weighted by atomic mass is 16.4. The van der Waals surface area contributed by atoms with Crippen LogP contribution >= 0.6 is 0 Å². The van der Waals surface area contributed by atoms with Gasteiger partial charge in [-0.2, -0.15) is 0 Å². The quantitative estimate of drug-likeness (QED) is 0.239. The summed E-state index contributed by atoms with van der Waals surface area (Å²) in [5.74, 6) is -0.527. The Morgan fingerprint density at radius 1 is 1.12 bits per heavy atom. The molecule has 0 aromatic heterocycles. The van der Waals surface area contributed by atoms with Crippen molar-refractivity contribution in [3.05, 3.63) is 0 Å². The number of nitrogens with two attached hydrogens (primary N) is 1. The molecule has 0 amide bonds. The lowest BCUT2D eigenvalue weighted by molar-refractivity contribution is -0.181. The molecular weight excluding hydrogens is 228 g/mol. The summed E-state index contributed by atoms with van der Waals surface area (Å²) in [6, 6.07) is 0. The highest BCUT2D eigenvalue weighted by molar-refractivity contribution is 4.92. The van der Waals surface area contributed by atoms with Crippen molar-refractivity contribution in [2.45, 2.75) is 44.0 Å². The molecule has 7 heteroatoms. The number of hydrogen-bond donors (Lipinski definition) is 7. The molecule has 0 bridgehead atoms. The van der Waals surface area contributed by atoms with E-state index in [4.69, 9.17) is 5.73 Å². The number of nitrogens with one attached hydrogen (secondary N) is 1. The third-order valence-electron chi connectivity index (χ3n) is 2.88. The van der Waals surface area contributed by atoms with Crippen LogP contribution in [0.25, 0.3) is 0 Å². The molecule has 5 atom stereocenters. The van der Waals surface area contributed by atoms with E-state index in [2.05, 4.69) is 5.32 Å². The molecule has 0 aliphatic heterocycles. The zero-order valence-corrected chi connectivity index (χ0v) is 10.4. The number of likely N-dealkylation sites (N-methyl/N-ethyl adjacent to an activating group) is 1. The van der Waals surface area contributed by atoms with Gasteiger partial charge in [0.15, 0.2) is 0 Å². The van der Waals surface area contributed by atoms with Gasteiger partial charge in [-0.3, -0.25) is 0 Å². The summed E-state index contributed by atoms with van der Waals surface area (Å²) in [7, 11) is 1.56. The number of rotatable bonds is 7. The predicted molar refractivity (Wildman–Crippen MR) is 61.9 cm³/mol. The number of aliphatic hydroxyl groups is 5. The summed E-state index contributed by atoms with van der Waals surface area (Å²) >= 11 is 0. The van der Waals surface area contributed by atoms with Gasteiger partial charge in [-0.25, -0.2) is 0 Å². The Bertz CT molecular complexity index is 225. The zero-order valence-electron chi connectivity index (χ0n) is 10.4. The number of aliphatic hydroxyl groups excluding tert-OH is 4. The first-order valence-corrected chi connectivity index (χ1v) is 5.54. The van der Waals surface area contributed by atoms with Crippen molar-refractivity contribution in [3.8, 4) is 0 Å². The van der Waals surface area contributed by atoms with Gasteiger partial charge in [0.2, 0.25) is 0 Å². The zero-order chi connectivity index (χ0) is 13.8. The first-order chi connectivity index (χ1) is 7.66. The molecule has 0 fully saturated rings. The monoisotopic (exact) mass is 252 g/mol. The molecule has 0 heterocycles. The van der Waals surface area contributed by atoms with Crippen LogP contribution in [0.15, 0.2) is 0 Å². The molecule has 5 unspecified atom stereocenters. The normalized spacial score (nSPS) is 22.9. The van der Waals surface area contributed by atoms with E-state index >= 15 is 0 Å². The highest BCUT2D eigenvalue weighted by Gasteiger charge is 2.43. The Balaban J connectivity index is 4.64. The summed E-state index contributed by atoms with van der Waals surface area (Å²) in [5, 5.41) is 50.7. The average Bonchev–Trinajstić information content (AvgIpc) is 2.25. The molecule has 0 rings (SSSR count). The minimum atomic E-state index is -2.04. The molecule has 0 aromatic carbocycles. The summed E-state index contributed by atoms with van der Waals surface area (Å²) < 4.78 is 0. The molecule has 0 radical (unpaired) electrons. The van der Waals surface area contributed by atoms with E-state index in [0.29, 0.717) is 0 Å². The molecule has 104 valence electrons. The molecule has 17 heavy (non-hydrogen) atoms. The SMILES string of the molecule is CNCC(O)C(O)C(O)C(O)C(N)(O)C(C)C. The summed E-state index contributed by atoms with van der Waals surface area (Å²) in [5.41, 5.74) is 3.41. The van der Waals surface area contributed by atoms with Crippen LogP contribution in [0.4, 0.5) is 0 Å². The molecular formula is C10H24N2O5. The van der Waals surface area contributed by atoms with Crippen LogP contribution in [-0.2, 0) is 0 Å². The third kappa shape index (κ3) is 4.14. The lowest BCUT2D eigenvalue weighted by Gasteiger charge is -2.37. The van der Waals surface area contributed by atoms with Crippen molar-refractivity contribution < 1.29 is 25.5 Å². The van der Waals surface area contributed by atoms with Gasteiger partial charge in [-0.1, -0.05) is 13.8 Å². The first kappa shape index (κ1) is 16.7. The van der Waals surface area contributed by atoms with E-state index in [9.17, 15) is 25.5 Å². The van der Waals surface area contributed by atoms with Crippen LogP contribution in [-0.4, -0.2) is 69.3 Å². The minimum Gasteiger partial charge on any atom is -0.389 e. The molecule has 0 spiro atoms. The predicted octanol–water partition coefficient (Wildman–Crippen LogP) is -3.05. The van der Waals surface area contributed by atoms with E-state index in [0.717, 1.165) is 0 Å². The second kappa shape index (κ2) is 6.60. The summed E-state index contributed by atoms with van der Waals surface area (Å²) in [4.78, 5) is 0. The lowest BCUT2D eigenvalue weighted by atomic mass is 9.88. The van der Waals surface area contributed by atoms with Crippen molar-refractivity contribution >= 4 is 0 Å². The maximum Gasteiger partial charge on any atom is 0.144 e. The van der Waals surface area contributed by atoms with Crippen molar-refractivity contribution in [1.82, 2.24) is 5.32 Å². The highest BCUT2D eigenvalue weighted by Crippen LogP contribution is 2.20. The van der Waals surface area contributed by atoms with Crippen LogP contribution in [0.2, 0.25) is 0 Å². The van der Waals surface area contributed by atoms with Crippen molar-refractivity contribution in [2.24, 2.45) is 11.7 Å². The topological polar surface area (TPSA) is 139 Å². The van der Waals surface area contributed by atoms with Gasteiger partial charge in [0, 0.05) is 6.54 Å². The maximum atomic E-state index is 9.75. The molecule has 0 saturated carbocycles. The molecule has 0 saturated heterocycles. The van der Waals surface area contributed by atoms with Crippen LogP contribution in [0, 0.1) is 5.92 Å². The molecule has 7 nitrogen and oxygen atoms in total. The largest absolute Gasteiger partial charge is 0.389 e. The van der Waals surface area contributed by atoms with Gasteiger partial charge >= 0.3 is 0 Å². The van der Waals surface area contributed by atoms with E-state index in [1.807, 2.05) is 0 Å².